The smallest absolute Gasteiger partial charge is 0.307 e. The Labute approximate surface area is 209 Å². The van der Waals surface area contributed by atoms with Crippen LogP contribution in [0.1, 0.15) is 28.3 Å². The largest absolute Gasteiger partial charge is 0.481 e. The number of benzene rings is 3. The number of hydrogen-bond acceptors (Lipinski definition) is 4. The number of carboxylic acids is 1. The van der Waals surface area contributed by atoms with E-state index in [2.05, 4.69) is 27.3 Å². The van der Waals surface area contributed by atoms with Gasteiger partial charge in [-0.1, -0.05) is 54.6 Å². The number of anilines is 1. The van der Waals surface area contributed by atoms with Crippen molar-refractivity contribution in [2.45, 2.75) is 18.9 Å². The van der Waals surface area contributed by atoms with Crippen molar-refractivity contribution < 1.29 is 19.4 Å². The van der Waals surface area contributed by atoms with Gasteiger partial charge < -0.3 is 25.0 Å². The highest BCUT2D eigenvalue weighted by Crippen LogP contribution is 2.31. The fourth-order valence-corrected chi connectivity index (χ4v) is 4.85. The van der Waals surface area contributed by atoms with Crippen LogP contribution in [-0.2, 0) is 27.2 Å². The molecule has 0 bridgehead atoms. The summed E-state index contributed by atoms with van der Waals surface area (Å²) in [4.78, 5) is 30.0. The second kappa shape index (κ2) is 10.7. The molecule has 1 amide bonds. The van der Waals surface area contributed by atoms with Crippen LogP contribution in [0.2, 0.25) is 0 Å². The SMILES string of the molecule is O=C(O)Cc1c[nH]c2ccc(CC(=O)NC(c3ccccc3)c3ccccc3N3CCOCC3)cc12. The average Bonchev–Trinajstić information content (AvgIpc) is 3.29. The van der Waals surface area contributed by atoms with Gasteiger partial charge in [-0.25, -0.2) is 0 Å². The molecular formula is C29H29N3O4. The standard InChI is InChI=1S/C29H29N3O4/c33-27(17-20-10-11-25-24(16-20)22(19-30-25)18-28(34)35)31-29(21-6-2-1-3-7-21)23-8-4-5-9-26(23)32-12-14-36-15-13-32/h1-11,16,19,29-30H,12-15,17-18H2,(H,31,33)(H,34,35). The normalized spacial score (nSPS) is 14.5. The zero-order valence-corrected chi connectivity index (χ0v) is 19.9. The highest BCUT2D eigenvalue weighted by Gasteiger charge is 2.23. The molecule has 1 atom stereocenters. The molecule has 7 heteroatoms. The predicted octanol–water partition coefficient (Wildman–Crippen LogP) is 4.08. The molecule has 5 rings (SSSR count). The van der Waals surface area contributed by atoms with Gasteiger partial charge in [0.1, 0.15) is 0 Å². The lowest BCUT2D eigenvalue weighted by Crippen LogP contribution is -2.38. The summed E-state index contributed by atoms with van der Waals surface area (Å²) >= 11 is 0. The van der Waals surface area contributed by atoms with E-state index in [1.807, 2.05) is 60.7 Å². The second-order valence-corrected chi connectivity index (χ2v) is 9.01. The maximum absolute atomic E-state index is 13.3. The minimum Gasteiger partial charge on any atom is -0.481 e. The number of aliphatic carboxylic acids is 1. The number of amides is 1. The van der Waals surface area contributed by atoms with E-state index in [0.717, 1.165) is 46.4 Å². The first-order valence-electron chi connectivity index (χ1n) is 12.1. The van der Waals surface area contributed by atoms with Crippen LogP contribution in [0, 0.1) is 0 Å². The molecule has 184 valence electrons. The number of H-pyrrole nitrogens is 1. The number of rotatable bonds is 8. The maximum Gasteiger partial charge on any atom is 0.307 e. The van der Waals surface area contributed by atoms with Crippen LogP contribution in [0.3, 0.4) is 0 Å². The Balaban J connectivity index is 1.42. The first-order chi connectivity index (χ1) is 17.6. The summed E-state index contributed by atoms with van der Waals surface area (Å²) in [6, 6.07) is 23.6. The first-order valence-corrected chi connectivity index (χ1v) is 12.1. The number of ether oxygens (including phenoxy) is 1. The Morgan fingerprint density at radius 1 is 0.972 bits per heavy atom. The fraction of sp³-hybridized carbons (Fsp3) is 0.241. The van der Waals surface area contributed by atoms with E-state index in [1.54, 1.807) is 6.20 Å². The number of carboxylic acid groups (broad SMARTS) is 1. The van der Waals surface area contributed by atoms with Gasteiger partial charge in [-0.15, -0.1) is 0 Å². The quantitative estimate of drug-likeness (QED) is 0.351. The van der Waals surface area contributed by atoms with Crippen LogP contribution < -0.4 is 10.2 Å². The molecule has 1 aliphatic rings. The van der Waals surface area contributed by atoms with Gasteiger partial charge in [-0.05, 0) is 34.9 Å². The molecule has 0 aliphatic carbocycles. The molecule has 7 nitrogen and oxygen atoms in total. The summed E-state index contributed by atoms with van der Waals surface area (Å²) in [5.41, 5.74) is 5.56. The van der Waals surface area contributed by atoms with Gasteiger partial charge in [0.15, 0.2) is 0 Å². The number of nitrogens with one attached hydrogen (secondary N) is 2. The van der Waals surface area contributed by atoms with E-state index >= 15 is 0 Å². The minimum absolute atomic E-state index is 0.0654. The maximum atomic E-state index is 13.3. The molecule has 1 unspecified atom stereocenters. The zero-order chi connectivity index (χ0) is 24.9. The van der Waals surface area contributed by atoms with Crippen LogP contribution in [0.25, 0.3) is 10.9 Å². The van der Waals surface area contributed by atoms with Crippen molar-refractivity contribution in [2.24, 2.45) is 0 Å². The Morgan fingerprint density at radius 3 is 2.50 bits per heavy atom. The average molecular weight is 484 g/mol. The van der Waals surface area contributed by atoms with Gasteiger partial charge >= 0.3 is 5.97 Å². The highest BCUT2D eigenvalue weighted by atomic mass is 16.5. The third-order valence-electron chi connectivity index (χ3n) is 6.58. The summed E-state index contributed by atoms with van der Waals surface area (Å²) in [7, 11) is 0. The van der Waals surface area contributed by atoms with Crippen molar-refractivity contribution in [1.29, 1.82) is 0 Å². The van der Waals surface area contributed by atoms with Crippen molar-refractivity contribution in [1.82, 2.24) is 10.3 Å². The van der Waals surface area contributed by atoms with Gasteiger partial charge in [0, 0.05) is 41.4 Å². The Bertz CT molecular complexity index is 1360. The van der Waals surface area contributed by atoms with Crippen LogP contribution in [-0.4, -0.2) is 48.3 Å². The van der Waals surface area contributed by atoms with E-state index < -0.39 is 5.97 Å². The Kier molecular flexibility index (Phi) is 7.00. The fourth-order valence-electron chi connectivity index (χ4n) is 4.85. The molecule has 2 heterocycles. The molecule has 3 aromatic carbocycles. The number of morpholine rings is 1. The van der Waals surface area contributed by atoms with Gasteiger partial charge in [0.2, 0.25) is 5.91 Å². The lowest BCUT2D eigenvalue weighted by Gasteiger charge is -2.33. The molecule has 0 radical (unpaired) electrons. The van der Waals surface area contributed by atoms with Crippen molar-refractivity contribution in [3.8, 4) is 0 Å². The topological polar surface area (TPSA) is 94.7 Å². The van der Waals surface area contributed by atoms with Crippen LogP contribution in [0.4, 0.5) is 5.69 Å². The third kappa shape index (κ3) is 5.26. The minimum atomic E-state index is -0.885. The monoisotopic (exact) mass is 483 g/mol. The highest BCUT2D eigenvalue weighted by molar-refractivity contribution is 5.89. The lowest BCUT2D eigenvalue weighted by molar-refractivity contribution is -0.136. The molecule has 1 aromatic heterocycles. The summed E-state index contributed by atoms with van der Waals surface area (Å²) < 4.78 is 5.55. The Morgan fingerprint density at radius 2 is 1.72 bits per heavy atom. The second-order valence-electron chi connectivity index (χ2n) is 9.01. The number of nitrogens with zero attached hydrogens (tertiary/aromatic N) is 1. The van der Waals surface area contributed by atoms with Crippen molar-refractivity contribution in [2.75, 3.05) is 31.2 Å². The Hall–Kier alpha value is -4.10. The molecule has 1 aliphatic heterocycles. The lowest BCUT2D eigenvalue weighted by atomic mass is 9.95. The summed E-state index contributed by atoms with van der Waals surface area (Å²) in [6.45, 7) is 2.98. The molecule has 36 heavy (non-hydrogen) atoms. The number of carbonyl (C=O) groups is 2. The van der Waals surface area contributed by atoms with Gasteiger partial charge in [-0.2, -0.15) is 0 Å². The zero-order valence-electron chi connectivity index (χ0n) is 19.9. The first kappa shape index (κ1) is 23.6. The number of hydrogen-bond donors (Lipinski definition) is 3. The van der Waals surface area contributed by atoms with Crippen LogP contribution >= 0.6 is 0 Å². The number of aromatic amines is 1. The predicted molar refractivity (Wildman–Crippen MR) is 139 cm³/mol. The van der Waals surface area contributed by atoms with E-state index in [1.165, 1.54) is 0 Å². The van der Waals surface area contributed by atoms with E-state index in [0.29, 0.717) is 18.8 Å². The van der Waals surface area contributed by atoms with E-state index in [4.69, 9.17) is 4.74 Å². The summed E-state index contributed by atoms with van der Waals surface area (Å²) in [5.74, 6) is -0.987. The van der Waals surface area contributed by atoms with Gasteiger partial charge in [0.05, 0.1) is 32.1 Å². The third-order valence-corrected chi connectivity index (χ3v) is 6.58. The number of carbonyl (C=O) groups excluding carboxylic acids is 1. The van der Waals surface area contributed by atoms with Crippen molar-refractivity contribution in [3.05, 3.63) is 101 Å². The summed E-state index contributed by atoms with van der Waals surface area (Å²) in [6.07, 6.45) is 1.84. The van der Waals surface area contributed by atoms with Crippen molar-refractivity contribution in [3.63, 3.8) is 0 Å². The molecule has 0 spiro atoms. The molecule has 1 saturated heterocycles. The van der Waals surface area contributed by atoms with E-state index in [9.17, 15) is 14.7 Å². The summed E-state index contributed by atoms with van der Waals surface area (Å²) in [5, 5.41) is 13.3. The molecule has 3 N–H and O–H groups in total. The van der Waals surface area contributed by atoms with Crippen molar-refractivity contribution >= 4 is 28.5 Å². The number of fused-ring (bicyclic) bond motifs is 1. The van der Waals surface area contributed by atoms with E-state index in [-0.39, 0.29) is 24.8 Å². The molecular weight excluding hydrogens is 454 g/mol. The molecule has 1 fully saturated rings. The van der Waals surface area contributed by atoms with Gasteiger partial charge in [-0.3, -0.25) is 9.59 Å². The molecule has 4 aromatic rings. The molecule has 0 saturated carbocycles. The number of aromatic nitrogens is 1. The van der Waals surface area contributed by atoms with Crippen LogP contribution in [0.15, 0.2) is 79.0 Å². The van der Waals surface area contributed by atoms with Gasteiger partial charge in [0.25, 0.3) is 0 Å². The van der Waals surface area contributed by atoms with Crippen LogP contribution in [0.5, 0.6) is 0 Å². The number of para-hydroxylation sites is 1.